The van der Waals surface area contributed by atoms with E-state index in [2.05, 4.69) is 25.9 Å². The third-order valence-electron chi connectivity index (χ3n) is 8.13. The van der Waals surface area contributed by atoms with Crippen molar-refractivity contribution in [2.45, 2.75) is 12.8 Å². The van der Waals surface area contributed by atoms with Gasteiger partial charge in [0.05, 0.1) is 61.7 Å². The number of hydrazone groups is 1. The molecule has 0 fully saturated rings. The van der Waals surface area contributed by atoms with Gasteiger partial charge < -0.3 is 38.4 Å². The molecular weight excluding hydrogens is 708 g/mol. The first-order valence-corrected chi connectivity index (χ1v) is 16.7. The number of nitrogens with two attached hydrogens (primary N) is 1. The molecule has 15 heteroatoms. The lowest BCUT2D eigenvalue weighted by molar-refractivity contribution is -0.121. The molecule has 55 heavy (non-hydrogen) atoms. The van der Waals surface area contributed by atoms with Crippen LogP contribution in [0.5, 0.6) is 34.5 Å². The molecule has 0 radical (unpaired) electrons. The van der Waals surface area contributed by atoms with Crippen molar-refractivity contribution in [1.29, 1.82) is 0 Å². The maximum absolute atomic E-state index is 12.2. The van der Waals surface area contributed by atoms with Crippen LogP contribution in [0.2, 0.25) is 0 Å². The molecule has 4 aromatic carbocycles. The van der Waals surface area contributed by atoms with Gasteiger partial charge in [0, 0.05) is 45.3 Å². The molecule has 0 unspecified atom stereocenters. The number of para-hydroxylation sites is 2. The highest BCUT2D eigenvalue weighted by Gasteiger charge is 2.14. The molecule has 0 aliphatic carbocycles. The fourth-order valence-corrected chi connectivity index (χ4v) is 5.52. The van der Waals surface area contributed by atoms with E-state index in [0.717, 1.165) is 39.2 Å². The Morgan fingerprint density at radius 1 is 0.636 bits per heavy atom. The molecule has 0 aliphatic heterocycles. The molecule has 2 aromatic heterocycles. The highest BCUT2D eigenvalue weighted by Crippen LogP contribution is 2.38. The Morgan fingerprint density at radius 3 is 1.45 bits per heavy atom. The normalized spacial score (nSPS) is 10.4. The molecule has 288 valence electrons. The lowest BCUT2D eigenvalue weighted by atomic mass is 10.1. The van der Waals surface area contributed by atoms with Gasteiger partial charge in [-0.2, -0.15) is 5.10 Å². The number of aromatic nitrogens is 2. The number of aromatic amines is 2. The topological polar surface area (TPSA) is 201 Å². The molecule has 2 amide bonds. The number of carbonyl (C=O) groups excluding carboxylic acids is 3. The first-order chi connectivity index (χ1) is 26.7. The summed E-state index contributed by atoms with van der Waals surface area (Å²) in [5, 5.41) is 6.12. The fourth-order valence-electron chi connectivity index (χ4n) is 5.52. The molecule has 0 aliphatic rings. The van der Waals surface area contributed by atoms with Crippen molar-refractivity contribution in [3.63, 3.8) is 0 Å². The SMILES string of the molecule is COc1cc(/C=N/NC(=O)Cc2c[nH]c3ccccc23)cc(OC)c1OC.COc1cc(C=O)cc(OC)c1OC.NNC(=O)Cc1c[nH]c2ccccc12. The minimum atomic E-state index is -0.205. The predicted molar refractivity (Wildman–Crippen MR) is 210 cm³/mol. The summed E-state index contributed by atoms with van der Waals surface area (Å²) in [6.45, 7) is 0. The average Bonchev–Trinajstić information content (AvgIpc) is 3.83. The minimum absolute atomic E-state index is 0.185. The number of nitrogens with zero attached hydrogens (tertiary/aromatic N) is 1. The maximum atomic E-state index is 12.2. The number of nitrogens with one attached hydrogen (secondary N) is 4. The van der Waals surface area contributed by atoms with Crippen molar-refractivity contribution < 1.29 is 42.8 Å². The number of H-pyrrole nitrogens is 2. The summed E-state index contributed by atoms with van der Waals surface area (Å²) in [5.41, 5.74) is 9.77. The van der Waals surface area contributed by atoms with E-state index in [0.29, 0.717) is 52.0 Å². The Balaban J connectivity index is 0.000000202. The van der Waals surface area contributed by atoms with Crippen molar-refractivity contribution in [2.24, 2.45) is 10.9 Å². The summed E-state index contributed by atoms with van der Waals surface area (Å²) in [7, 11) is 9.15. The number of aldehydes is 1. The molecule has 0 saturated heterocycles. The number of hydrogen-bond donors (Lipinski definition) is 5. The predicted octanol–water partition coefficient (Wildman–Crippen LogP) is 5.11. The molecule has 0 bridgehead atoms. The van der Waals surface area contributed by atoms with Crippen LogP contribution in [0, 0.1) is 0 Å². The van der Waals surface area contributed by atoms with Crippen LogP contribution >= 0.6 is 0 Å². The summed E-state index contributed by atoms with van der Waals surface area (Å²) in [6, 6.07) is 22.4. The second kappa shape index (κ2) is 20.3. The van der Waals surface area contributed by atoms with Gasteiger partial charge in [-0.25, -0.2) is 11.3 Å². The largest absolute Gasteiger partial charge is 0.493 e. The smallest absolute Gasteiger partial charge is 0.244 e. The van der Waals surface area contributed by atoms with Crippen LogP contribution < -0.4 is 45.1 Å². The van der Waals surface area contributed by atoms with E-state index < -0.39 is 0 Å². The van der Waals surface area contributed by atoms with E-state index in [1.165, 1.54) is 27.5 Å². The van der Waals surface area contributed by atoms with Gasteiger partial charge in [-0.05, 0) is 47.5 Å². The minimum Gasteiger partial charge on any atom is -0.493 e. The second-order valence-electron chi connectivity index (χ2n) is 11.5. The third-order valence-corrected chi connectivity index (χ3v) is 8.13. The number of methoxy groups -OCH3 is 6. The van der Waals surface area contributed by atoms with Crippen molar-refractivity contribution in [3.8, 4) is 34.5 Å². The lowest BCUT2D eigenvalue weighted by Crippen LogP contribution is -2.31. The number of carbonyl (C=O) groups is 3. The average molecular weight is 753 g/mol. The van der Waals surface area contributed by atoms with Crippen molar-refractivity contribution in [2.75, 3.05) is 42.7 Å². The Morgan fingerprint density at radius 2 is 1.05 bits per heavy atom. The molecule has 15 nitrogen and oxygen atoms in total. The van der Waals surface area contributed by atoms with Gasteiger partial charge in [-0.3, -0.25) is 19.8 Å². The van der Waals surface area contributed by atoms with Crippen molar-refractivity contribution >= 4 is 46.1 Å². The number of benzene rings is 4. The van der Waals surface area contributed by atoms with E-state index >= 15 is 0 Å². The van der Waals surface area contributed by atoms with E-state index in [1.807, 2.05) is 60.9 Å². The molecule has 0 atom stereocenters. The van der Waals surface area contributed by atoms with Gasteiger partial charge in [0.25, 0.3) is 0 Å². The van der Waals surface area contributed by atoms with Crippen LogP contribution in [-0.2, 0) is 22.4 Å². The van der Waals surface area contributed by atoms with E-state index in [9.17, 15) is 14.4 Å². The molecule has 0 spiro atoms. The van der Waals surface area contributed by atoms with Crippen LogP contribution in [0.25, 0.3) is 21.8 Å². The Bertz CT molecular complexity index is 2200. The fraction of sp³-hybridized carbons (Fsp3) is 0.200. The number of hydrogen-bond acceptors (Lipinski definition) is 11. The van der Waals surface area contributed by atoms with E-state index in [1.54, 1.807) is 45.6 Å². The first-order valence-electron chi connectivity index (χ1n) is 16.7. The zero-order valence-corrected chi connectivity index (χ0v) is 31.4. The quantitative estimate of drug-likeness (QED) is 0.0347. The molecule has 6 rings (SSSR count). The monoisotopic (exact) mass is 752 g/mol. The summed E-state index contributed by atoms with van der Waals surface area (Å²) in [5.74, 6) is 7.61. The summed E-state index contributed by atoms with van der Waals surface area (Å²) < 4.78 is 31.1. The van der Waals surface area contributed by atoms with Crippen LogP contribution in [-0.4, -0.2) is 76.9 Å². The number of hydrazine groups is 1. The Labute approximate surface area is 317 Å². The third kappa shape index (κ3) is 10.5. The molecule has 2 heterocycles. The van der Waals surface area contributed by atoms with Crippen molar-refractivity contribution in [3.05, 3.63) is 107 Å². The van der Waals surface area contributed by atoms with E-state index in [4.69, 9.17) is 34.3 Å². The van der Waals surface area contributed by atoms with Gasteiger partial charge in [0.15, 0.2) is 23.0 Å². The van der Waals surface area contributed by atoms with Gasteiger partial charge in [-0.15, -0.1) is 0 Å². The van der Waals surface area contributed by atoms with Gasteiger partial charge >= 0.3 is 0 Å². The number of ether oxygens (including phenoxy) is 6. The molecular formula is C40H44N6O9. The summed E-state index contributed by atoms with van der Waals surface area (Å²) >= 11 is 0. The highest BCUT2D eigenvalue weighted by molar-refractivity contribution is 5.90. The van der Waals surface area contributed by atoms with Gasteiger partial charge in [-0.1, -0.05) is 36.4 Å². The van der Waals surface area contributed by atoms with Crippen LogP contribution in [0.1, 0.15) is 27.0 Å². The maximum Gasteiger partial charge on any atom is 0.244 e. The van der Waals surface area contributed by atoms with E-state index in [-0.39, 0.29) is 18.2 Å². The summed E-state index contributed by atoms with van der Waals surface area (Å²) in [4.78, 5) is 40.1. The number of rotatable bonds is 13. The standard InChI is InChI=1S/C20H21N3O4.C10H11N3O.C10H12O4/c1-25-17-8-13(9-18(26-2)20(17)27-3)11-22-23-19(24)10-14-12-21-16-7-5-4-6-15(14)16;11-13-10(14)5-7-6-12-9-4-2-1-3-8(7)9;1-12-8-4-7(6-11)5-9(13-2)10(8)14-3/h4-9,11-12,21H,10H2,1-3H3,(H,23,24);1-4,6,12H,5,11H2,(H,13,14);4-6H,1-3H3/b22-11+;;. The molecule has 0 saturated carbocycles. The van der Waals surface area contributed by atoms with Crippen molar-refractivity contribution in [1.82, 2.24) is 20.8 Å². The second-order valence-corrected chi connectivity index (χ2v) is 11.5. The molecule has 6 N–H and O–H groups in total. The summed E-state index contributed by atoms with van der Waals surface area (Å²) in [6.07, 6.45) is 6.46. The zero-order chi connectivity index (χ0) is 39.7. The first kappa shape index (κ1) is 40.8. The molecule has 6 aromatic rings. The van der Waals surface area contributed by atoms with Crippen LogP contribution in [0.3, 0.4) is 0 Å². The van der Waals surface area contributed by atoms with Gasteiger partial charge in [0.2, 0.25) is 23.3 Å². The zero-order valence-electron chi connectivity index (χ0n) is 31.4. The van der Waals surface area contributed by atoms with Crippen LogP contribution in [0.4, 0.5) is 0 Å². The van der Waals surface area contributed by atoms with Gasteiger partial charge in [0.1, 0.15) is 6.29 Å². The number of amides is 2. The lowest BCUT2D eigenvalue weighted by Gasteiger charge is -2.12. The van der Waals surface area contributed by atoms with Crippen LogP contribution in [0.15, 0.2) is 90.3 Å². The Kier molecular flexibility index (Phi) is 15.0. The highest BCUT2D eigenvalue weighted by atomic mass is 16.5. The Hall–Kier alpha value is -7.00. The number of fused-ring (bicyclic) bond motifs is 2.